The molecular weight excluding hydrogens is 495 g/mol. The van der Waals surface area contributed by atoms with Crippen LogP contribution >= 0.6 is 11.8 Å². The van der Waals surface area contributed by atoms with Crippen LogP contribution in [0.5, 0.6) is 0 Å². The Labute approximate surface area is 208 Å². The first-order valence-electron chi connectivity index (χ1n) is 11.4. The largest absolute Gasteiger partial charge is 0.461 e. The van der Waals surface area contributed by atoms with Gasteiger partial charge in [0.2, 0.25) is 11.7 Å². The standard InChI is InChI=1S/C24H22F3N5O3S/c25-24(26,27)15-6-4-9-17(12-15)32-21(19-10-5-11-34-19)30-31-23(32)36-14-20-29-18(13-35-20)22(33)28-16-7-2-1-3-8-16/h4-6,9-13,16H,1-3,7-8,14H2,(H,28,33). The van der Waals surface area contributed by atoms with Gasteiger partial charge in [-0.15, -0.1) is 10.2 Å². The SMILES string of the molecule is O=C(NC1CCCCC1)c1coc(CSc2nnc(-c3ccco3)n2-c2cccc(C(F)(F)F)c2)n1. The van der Waals surface area contributed by atoms with Crippen molar-refractivity contribution in [2.24, 2.45) is 0 Å². The van der Waals surface area contributed by atoms with Gasteiger partial charge in [0.15, 0.2) is 16.6 Å². The first-order chi connectivity index (χ1) is 17.4. The zero-order chi connectivity index (χ0) is 25.1. The molecule has 3 aromatic heterocycles. The highest BCUT2D eigenvalue weighted by atomic mass is 32.2. The van der Waals surface area contributed by atoms with E-state index in [9.17, 15) is 18.0 Å². The Morgan fingerprint density at radius 2 is 1.94 bits per heavy atom. The van der Waals surface area contributed by atoms with Gasteiger partial charge in [-0.25, -0.2) is 4.98 Å². The average Bonchev–Trinajstić information content (AvgIpc) is 3.63. The average molecular weight is 518 g/mol. The molecule has 0 spiro atoms. The Kier molecular flexibility index (Phi) is 6.86. The maximum Gasteiger partial charge on any atom is 0.416 e. The topological polar surface area (TPSA) is 99.0 Å². The van der Waals surface area contributed by atoms with Crippen LogP contribution < -0.4 is 5.32 Å². The molecule has 0 atom stereocenters. The van der Waals surface area contributed by atoms with Crippen LogP contribution in [0.15, 0.2) is 62.9 Å². The summed E-state index contributed by atoms with van der Waals surface area (Å²) in [6, 6.07) is 8.33. The third-order valence-corrected chi connectivity index (χ3v) is 6.77. The lowest BCUT2D eigenvalue weighted by Gasteiger charge is -2.22. The Balaban J connectivity index is 1.36. The molecule has 1 aliphatic carbocycles. The van der Waals surface area contributed by atoms with Crippen LogP contribution in [0.25, 0.3) is 17.3 Å². The number of oxazole rings is 1. The van der Waals surface area contributed by atoms with Crippen molar-refractivity contribution in [3.8, 4) is 17.3 Å². The maximum atomic E-state index is 13.4. The quantitative estimate of drug-likeness (QED) is 0.305. The summed E-state index contributed by atoms with van der Waals surface area (Å²) in [6.45, 7) is 0. The van der Waals surface area contributed by atoms with Gasteiger partial charge in [-0.3, -0.25) is 9.36 Å². The van der Waals surface area contributed by atoms with Crippen LogP contribution in [0.4, 0.5) is 13.2 Å². The van der Waals surface area contributed by atoms with Crippen molar-refractivity contribution in [2.45, 2.75) is 55.2 Å². The Morgan fingerprint density at radius 1 is 1.11 bits per heavy atom. The minimum absolute atomic E-state index is 0.145. The Hall–Kier alpha value is -3.54. The van der Waals surface area contributed by atoms with Crippen molar-refractivity contribution >= 4 is 17.7 Å². The second kappa shape index (κ2) is 10.2. The molecule has 1 N–H and O–H groups in total. The molecule has 0 bridgehead atoms. The minimum Gasteiger partial charge on any atom is -0.461 e. The van der Waals surface area contributed by atoms with Crippen molar-refractivity contribution in [2.75, 3.05) is 0 Å². The molecule has 1 saturated carbocycles. The number of nitrogens with zero attached hydrogens (tertiary/aromatic N) is 4. The van der Waals surface area contributed by atoms with Gasteiger partial charge in [0.05, 0.1) is 23.3 Å². The van der Waals surface area contributed by atoms with E-state index in [1.165, 1.54) is 47.4 Å². The van der Waals surface area contributed by atoms with E-state index < -0.39 is 11.7 Å². The Morgan fingerprint density at radius 3 is 2.69 bits per heavy atom. The molecule has 4 aromatic rings. The molecule has 12 heteroatoms. The third kappa shape index (κ3) is 5.32. The number of alkyl halides is 3. The molecule has 0 aliphatic heterocycles. The molecule has 0 unspecified atom stereocenters. The number of furan rings is 1. The van der Waals surface area contributed by atoms with Crippen molar-refractivity contribution < 1.29 is 26.8 Å². The number of halogens is 3. The van der Waals surface area contributed by atoms with Crippen molar-refractivity contribution in [3.05, 3.63) is 66.1 Å². The molecule has 1 aromatic carbocycles. The second-order valence-electron chi connectivity index (χ2n) is 8.39. The molecule has 3 heterocycles. The van der Waals surface area contributed by atoms with Crippen LogP contribution in [-0.4, -0.2) is 31.7 Å². The molecule has 36 heavy (non-hydrogen) atoms. The molecule has 5 rings (SSSR count). The van der Waals surface area contributed by atoms with Crippen molar-refractivity contribution in [1.82, 2.24) is 25.1 Å². The van der Waals surface area contributed by atoms with E-state index in [2.05, 4.69) is 20.5 Å². The van der Waals surface area contributed by atoms with E-state index in [4.69, 9.17) is 8.83 Å². The minimum atomic E-state index is -4.51. The zero-order valence-corrected chi connectivity index (χ0v) is 19.8. The van der Waals surface area contributed by atoms with Gasteiger partial charge < -0.3 is 14.2 Å². The van der Waals surface area contributed by atoms with Gasteiger partial charge in [0.1, 0.15) is 6.26 Å². The fourth-order valence-corrected chi connectivity index (χ4v) is 4.90. The van der Waals surface area contributed by atoms with Crippen molar-refractivity contribution in [1.29, 1.82) is 0 Å². The van der Waals surface area contributed by atoms with Crippen LogP contribution in [0.2, 0.25) is 0 Å². The fraction of sp³-hybridized carbons (Fsp3) is 0.333. The number of carbonyl (C=O) groups is 1. The first-order valence-corrected chi connectivity index (χ1v) is 12.4. The number of amides is 1. The Bertz CT molecular complexity index is 1330. The third-order valence-electron chi connectivity index (χ3n) is 5.86. The lowest BCUT2D eigenvalue weighted by molar-refractivity contribution is -0.137. The van der Waals surface area contributed by atoms with Crippen LogP contribution in [0.1, 0.15) is 54.0 Å². The summed E-state index contributed by atoms with van der Waals surface area (Å²) in [5.74, 6) is 0.791. The number of nitrogens with one attached hydrogen (secondary N) is 1. The number of hydrogen-bond acceptors (Lipinski definition) is 7. The summed E-state index contributed by atoms with van der Waals surface area (Å²) in [4.78, 5) is 16.8. The highest BCUT2D eigenvalue weighted by Gasteiger charge is 2.31. The summed E-state index contributed by atoms with van der Waals surface area (Å²) in [5.41, 5.74) is -0.383. The van der Waals surface area contributed by atoms with E-state index in [-0.39, 0.29) is 40.8 Å². The predicted octanol–water partition coefficient (Wildman–Crippen LogP) is 5.89. The van der Waals surface area contributed by atoms with Gasteiger partial charge in [0.25, 0.3) is 5.91 Å². The summed E-state index contributed by atoms with van der Waals surface area (Å²) in [5, 5.41) is 11.6. The summed E-state index contributed by atoms with van der Waals surface area (Å²) >= 11 is 1.17. The van der Waals surface area contributed by atoms with Gasteiger partial charge in [-0.05, 0) is 43.2 Å². The zero-order valence-electron chi connectivity index (χ0n) is 19.0. The van der Waals surface area contributed by atoms with E-state index in [1.54, 1.807) is 12.1 Å². The monoisotopic (exact) mass is 517 g/mol. The smallest absolute Gasteiger partial charge is 0.416 e. The number of rotatable bonds is 7. The molecule has 1 aliphatic rings. The van der Waals surface area contributed by atoms with E-state index >= 15 is 0 Å². The van der Waals surface area contributed by atoms with Gasteiger partial charge >= 0.3 is 6.18 Å². The van der Waals surface area contributed by atoms with Gasteiger partial charge in [-0.2, -0.15) is 13.2 Å². The van der Waals surface area contributed by atoms with Crippen LogP contribution in [-0.2, 0) is 11.9 Å². The molecular formula is C24H22F3N5O3S. The summed E-state index contributed by atoms with van der Waals surface area (Å²) in [6.07, 6.45) is 3.53. The highest BCUT2D eigenvalue weighted by molar-refractivity contribution is 7.98. The van der Waals surface area contributed by atoms with Gasteiger partial charge in [-0.1, -0.05) is 37.1 Å². The second-order valence-corrected chi connectivity index (χ2v) is 9.33. The normalized spacial score (nSPS) is 14.8. The van der Waals surface area contributed by atoms with Crippen LogP contribution in [0.3, 0.4) is 0 Å². The van der Waals surface area contributed by atoms with E-state index in [0.717, 1.165) is 37.8 Å². The van der Waals surface area contributed by atoms with E-state index in [1.807, 2.05) is 0 Å². The summed E-state index contributed by atoms with van der Waals surface area (Å²) < 4.78 is 52.4. The van der Waals surface area contributed by atoms with E-state index in [0.29, 0.717) is 10.9 Å². The lowest BCUT2D eigenvalue weighted by Crippen LogP contribution is -2.36. The summed E-state index contributed by atoms with van der Waals surface area (Å²) in [7, 11) is 0. The number of thioether (sulfide) groups is 1. The number of aromatic nitrogens is 4. The highest BCUT2D eigenvalue weighted by Crippen LogP contribution is 2.34. The van der Waals surface area contributed by atoms with Crippen LogP contribution in [0, 0.1) is 0 Å². The molecule has 188 valence electrons. The lowest BCUT2D eigenvalue weighted by atomic mass is 9.95. The predicted molar refractivity (Wildman–Crippen MR) is 124 cm³/mol. The molecule has 1 fully saturated rings. The molecule has 0 saturated heterocycles. The number of carbonyl (C=O) groups excluding carboxylic acids is 1. The fourth-order valence-electron chi connectivity index (χ4n) is 4.10. The molecule has 0 radical (unpaired) electrons. The first kappa shape index (κ1) is 24.2. The number of benzene rings is 1. The van der Waals surface area contributed by atoms with Gasteiger partial charge in [0, 0.05) is 6.04 Å². The van der Waals surface area contributed by atoms with Crippen molar-refractivity contribution in [3.63, 3.8) is 0 Å². The molecule has 8 nitrogen and oxygen atoms in total. The maximum absolute atomic E-state index is 13.4. The molecule has 1 amide bonds. The number of hydrogen-bond donors (Lipinski definition) is 1.